The molecule has 8 nitrogen and oxygen atoms in total. The van der Waals surface area contributed by atoms with Crippen molar-refractivity contribution in [2.24, 2.45) is 5.41 Å². The summed E-state index contributed by atoms with van der Waals surface area (Å²) >= 11 is 0. The zero-order chi connectivity index (χ0) is 23.8. The number of nitrogens with zero attached hydrogens (tertiary/aromatic N) is 4. The monoisotopic (exact) mass is 473 g/mol. The van der Waals surface area contributed by atoms with Crippen molar-refractivity contribution in [3.63, 3.8) is 0 Å². The van der Waals surface area contributed by atoms with Crippen molar-refractivity contribution >= 4 is 0 Å². The molecule has 2 aromatic heterocycles. The Bertz CT molecular complexity index is 1070. The van der Waals surface area contributed by atoms with Gasteiger partial charge < -0.3 is 19.5 Å². The van der Waals surface area contributed by atoms with Crippen LogP contribution in [-0.4, -0.2) is 64.1 Å². The van der Waals surface area contributed by atoms with Crippen molar-refractivity contribution < 1.29 is 23.0 Å². The molecule has 0 atom stereocenters. The molecule has 3 aliphatic rings. The highest BCUT2D eigenvalue weighted by molar-refractivity contribution is 5.63. The molecule has 5 rings (SSSR count). The number of rotatable bonds is 7. The Labute approximate surface area is 197 Å². The van der Waals surface area contributed by atoms with Crippen LogP contribution in [-0.2, 0) is 16.0 Å². The second-order valence-corrected chi connectivity index (χ2v) is 10.1. The molecule has 0 radical (unpaired) electrons. The summed E-state index contributed by atoms with van der Waals surface area (Å²) in [5.41, 5.74) is 1.90. The summed E-state index contributed by atoms with van der Waals surface area (Å²) in [6, 6.07) is 1.68. The highest BCUT2D eigenvalue weighted by Gasteiger charge is 2.44. The first kappa shape index (κ1) is 23.1. The van der Waals surface area contributed by atoms with Crippen LogP contribution in [0.2, 0.25) is 0 Å². The maximum Gasteiger partial charge on any atom is 0.251 e. The highest BCUT2D eigenvalue weighted by Crippen LogP contribution is 2.37. The molecule has 2 aromatic rings. The lowest BCUT2D eigenvalue weighted by molar-refractivity contribution is -0.227. The topological polar surface area (TPSA) is 83.3 Å². The van der Waals surface area contributed by atoms with Crippen LogP contribution in [0.15, 0.2) is 18.5 Å². The molecule has 2 saturated carbocycles. The van der Waals surface area contributed by atoms with Gasteiger partial charge in [-0.15, -0.1) is 5.10 Å². The molecule has 0 spiro atoms. The van der Waals surface area contributed by atoms with Gasteiger partial charge >= 0.3 is 0 Å². The molecule has 2 aliphatic carbocycles. The predicted octanol–water partition coefficient (Wildman–Crippen LogP) is 3.02. The van der Waals surface area contributed by atoms with E-state index in [4.69, 9.17) is 14.2 Å². The van der Waals surface area contributed by atoms with Gasteiger partial charge in [0, 0.05) is 36.1 Å². The summed E-state index contributed by atoms with van der Waals surface area (Å²) in [4.78, 5) is 4.54. The molecule has 0 bridgehead atoms. The lowest BCUT2D eigenvalue weighted by Gasteiger charge is -2.34. The molecular formula is C24H29F2N5O3. The Morgan fingerprint density at radius 1 is 1.24 bits per heavy atom. The maximum absolute atomic E-state index is 12.9. The fourth-order valence-electron chi connectivity index (χ4n) is 3.79. The van der Waals surface area contributed by atoms with E-state index < -0.39 is 5.92 Å². The van der Waals surface area contributed by atoms with E-state index in [2.05, 4.69) is 46.3 Å². The minimum Gasteiger partial charge on any atom is -0.488 e. The summed E-state index contributed by atoms with van der Waals surface area (Å²) < 4.78 is 45.2. The first-order valence-electron chi connectivity index (χ1n) is 11.7. The third kappa shape index (κ3) is 5.90. The summed E-state index contributed by atoms with van der Waals surface area (Å²) in [7, 11) is 0. The van der Waals surface area contributed by atoms with Gasteiger partial charge in [0.2, 0.25) is 0 Å². The molecule has 1 aliphatic heterocycles. The summed E-state index contributed by atoms with van der Waals surface area (Å²) in [6.07, 6.45) is 5.04. The quantitative estimate of drug-likeness (QED) is 0.619. The van der Waals surface area contributed by atoms with Crippen LogP contribution in [0.3, 0.4) is 0 Å². The predicted molar refractivity (Wildman–Crippen MR) is 119 cm³/mol. The fraction of sp³-hybridized carbons (Fsp3) is 0.625. The van der Waals surface area contributed by atoms with Crippen LogP contribution in [0.5, 0.6) is 5.75 Å². The molecule has 0 unspecified atom stereocenters. The average Bonchev–Trinajstić information content (AvgIpc) is 3.46. The molecule has 3 fully saturated rings. The number of ether oxygens (including phenoxy) is 3. The Balaban J connectivity index is 1.23. The maximum atomic E-state index is 12.9. The van der Waals surface area contributed by atoms with Gasteiger partial charge in [-0.1, -0.05) is 30.9 Å². The van der Waals surface area contributed by atoms with Crippen molar-refractivity contribution in [1.29, 1.82) is 0 Å². The van der Waals surface area contributed by atoms with E-state index in [1.807, 2.05) is 6.07 Å². The zero-order valence-corrected chi connectivity index (χ0v) is 19.4. The molecule has 0 aromatic carbocycles. The number of halogens is 2. The lowest BCUT2D eigenvalue weighted by atomic mass is 9.88. The average molecular weight is 474 g/mol. The van der Waals surface area contributed by atoms with Gasteiger partial charge in [0.05, 0.1) is 38.6 Å². The van der Waals surface area contributed by atoms with Gasteiger partial charge in [-0.05, 0) is 18.9 Å². The first-order valence-corrected chi connectivity index (χ1v) is 11.7. The Morgan fingerprint density at radius 3 is 2.71 bits per heavy atom. The van der Waals surface area contributed by atoms with Gasteiger partial charge in [0.1, 0.15) is 17.1 Å². The minimum absolute atomic E-state index is 0.00950. The van der Waals surface area contributed by atoms with E-state index in [0.29, 0.717) is 49.0 Å². The molecule has 3 heterocycles. The number of hydrogen-bond acceptors (Lipinski definition) is 7. The summed E-state index contributed by atoms with van der Waals surface area (Å²) in [5, 5.41) is 11.5. The van der Waals surface area contributed by atoms with Crippen molar-refractivity contribution in [1.82, 2.24) is 25.3 Å². The van der Waals surface area contributed by atoms with Gasteiger partial charge in [-0.25, -0.2) is 18.4 Å². The van der Waals surface area contributed by atoms with Crippen LogP contribution in [0, 0.1) is 17.3 Å². The molecule has 1 saturated heterocycles. The number of nitrogens with one attached hydrogen (secondary N) is 1. The SMILES string of the molecule is CC1(C)COC(Cn2cc(-c3ncc(C#CCNC4CC(F)(F)C4)cc3OC3CC3)nn2)OC1. The standard InChI is InChI=1S/C24H29F2N5O3/c1-23(2)14-32-21(33-15-23)13-31-12-19(29-30-31)22-20(34-18-5-6-18)8-16(11-28-22)4-3-7-27-17-9-24(25,26)10-17/h8,11-12,17-18,21,27H,5-7,9-10,13-15H2,1-2H3. The molecule has 10 heteroatoms. The number of alkyl halides is 2. The zero-order valence-electron chi connectivity index (χ0n) is 19.4. The fourth-order valence-corrected chi connectivity index (χ4v) is 3.79. The Hall–Kier alpha value is -2.61. The Kier molecular flexibility index (Phi) is 6.27. The first-order chi connectivity index (χ1) is 16.2. The van der Waals surface area contributed by atoms with E-state index >= 15 is 0 Å². The lowest BCUT2D eigenvalue weighted by Crippen LogP contribution is -2.48. The molecule has 1 N–H and O–H groups in total. The summed E-state index contributed by atoms with van der Waals surface area (Å²) in [5.74, 6) is 4.09. The second-order valence-electron chi connectivity index (χ2n) is 10.1. The van der Waals surface area contributed by atoms with Gasteiger partial charge in [-0.2, -0.15) is 0 Å². The normalized spacial score (nSPS) is 22.0. The number of aromatic nitrogens is 4. The second kappa shape index (κ2) is 9.21. The molecule has 0 amide bonds. The Morgan fingerprint density at radius 2 is 2.00 bits per heavy atom. The number of hydrogen-bond donors (Lipinski definition) is 1. The minimum atomic E-state index is -2.53. The van der Waals surface area contributed by atoms with Crippen LogP contribution in [0.1, 0.15) is 45.1 Å². The highest BCUT2D eigenvalue weighted by atomic mass is 19.3. The van der Waals surface area contributed by atoms with E-state index in [0.717, 1.165) is 12.8 Å². The van der Waals surface area contributed by atoms with Crippen LogP contribution in [0.4, 0.5) is 8.78 Å². The van der Waals surface area contributed by atoms with Gasteiger partial charge in [0.25, 0.3) is 5.92 Å². The van der Waals surface area contributed by atoms with Crippen molar-refractivity contribution in [2.45, 2.75) is 70.4 Å². The summed E-state index contributed by atoms with van der Waals surface area (Å²) in [6.45, 7) is 6.24. The van der Waals surface area contributed by atoms with Gasteiger partial charge in [0.15, 0.2) is 6.29 Å². The molecule has 34 heavy (non-hydrogen) atoms. The van der Waals surface area contributed by atoms with E-state index in [1.165, 1.54) is 0 Å². The van der Waals surface area contributed by atoms with Crippen LogP contribution < -0.4 is 10.1 Å². The van der Waals surface area contributed by atoms with Crippen molar-refractivity contribution in [3.8, 4) is 29.0 Å². The third-order valence-electron chi connectivity index (χ3n) is 5.91. The van der Waals surface area contributed by atoms with E-state index in [1.54, 1.807) is 17.1 Å². The van der Waals surface area contributed by atoms with Gasteiger partial charge in [-0.3, -0.25) is 0 Å². The van der Waals surface area contributed by atoms with E-state index in [9.17, 15) is 8.78 Å². The van der Waals surface area contributed by atoms with E-state index in [-0.39, 0.29) is 36.7 Å². The van der Waals surface area contributed by atoms with Crippen LogP contribution >= 0.6 is 0 Å². The number of pyridine rings is 1. The molecule has 182 valence electrons. The van der Waals surface area contributed by atoms with Crippen molar-refractivity contribution in [2.75, 3.05) is 19.8 Å². The molecular weight excluding hydrogens is 444 g/mol. The van der Waals surface area contributed by atoms with Crippen molar-refractivity contribution in [3.05, 3.63) is 24.0 Å². The smallest absolute Gasteiger partial charge is 0.251 e. The largest absolute Gasteiger partial charge is 0.488 e. The third-order valence-corrected chi connectivity index (χ3v) is 5.91. The van der Waals surface area contributed by atoms with Crippen LogP contribution in [0.25, 0.3) is 11.4 Å².